The summed E-state index contributed by atoms with van der Waals surface area (Å²) in [5, 5.41) is 8.82. The minimum absolute atomic E-state index is 0.000751. The third kappa shape index (κ3) is 6.70. The first-order chi connectivity index (χ1) is 8.79. The molecule has 1 aliphatic rings. The molecule has 1 rings (SSSR count). The van der Waals surface area contributed by atoms with Gasteiger partial charge in [0.1, 0.15) is 5.60 Å². The van der Waals surface area contributed by atoms with Crippen molar-refractivity contribution in [2.45, 2.75) is 58.1 Å². The van der Waals surface area contributed by atoms with Gasteiger partial charge in [-0.2, -0.15) is 0 Å². The molecule has 1 atom stereocenters. The van der Waals surface area contributed by atoms with Crippen molar-refractivity contribution < 1.29 is 19.4 Å². The zero-order chi connectivity index (χ0) is 15.1. The van der Waals surface area contributed by atoms with Crippen molar-refractivity contribution in [3.8, 4) is 12.8 Å². The molecule has 0 aliphatic carbocycles. The van der Waals surface area contributed by atoms with E-state index in [9.17, 15) is 9.59 Å². The second-order valence-corrected chi connectivity index (χ2v) is 5.42. The van der Waals surface area contributed by atoms with E-state index in [0.29, 0.717) is 6.54 Å². The summed E-state index contributed by atoms with van der Waals surface area (Å²) in [6, 6.07) is -0.226. The first-order valence-electron chi connectivity index (χ1n) is 6.34. The average molecular weight is 269 g/mol. The summed E-state index contributed by atoms with van der Waals surface area (Å²) < 4.78 is 5.28. The Morgan fingerprint density at radius 3 is 2.37 bits per heavy atom. The van der Waals surface area contributed by atoms with Crippen molar-refractivity contribution >= 4 is 12.1 Å². The SMILES string of the molecule is C#C.CC(C)(C)OC(=O)N1CCCCC1CC(=O)O. The lowest BCUT2D eigenvalue weighted by molar-refractivity contribution is -0.138. The molecule has 0 saturated carbocycles. The smallest absolute Gasteiger partial charge is 0.410 e. The van der Waals surface area contributed by atoms with Gasteiger partial charge in [0.05, 0.1) is 6.42 Å². The standard InChI is InChI=1S/C12H21NO4.C2H2/c1-12(2,3)17-11(16)13-7-5-4-6-9(13)8-10(14)15;1-2/h9H,4-8H2,1-3H3,(H,14,15);1-2H. The number of carboxylic acids is 1. The number of amides is 1. The van der Waals surface area contributed by atoms with E-state index in [1.807, 2.05) is 0 Å². The van der Waals surface area contributed by atoms with Crippen LogP contribution in [0.3, 0.4) is 0 Å². The van der Waals surface area contributed by atoms with Crippen molar-refractivity contribution in [2.75, 3.05) is 6.54 Å². The molecule has 0 aromatic carbocycles. The van der Waals surface area contributed by atoms with Gasteiger partial charge in [0.25, 0.3) is 0 Å². The lowest BCUT2D eigenvalue weighted by Gasteiger charge is -2.36. The molecule has 1 fully saturated rings. The lowest BCUT2D eigenvalue weighted by atomic mass is 10.00. The molecule has 1 amide bonds. The summed E-state index contributed by atoms with van der Waals surface area (Å²) in [5.41, 5.74) is -0.539. The van der Waals surface area contributed by atoms with Gasteiger partial charge in [-0.1, -0.05) is 0 Å². The van der Waals surface area contributed by atoms with Crippen LogP contribution in [0.25, 0.3) is 0 Å². The predicted molar refractivity (Wildman–Crippen MR) is 72.7 cm³/mol. The number of carboxylic acid groups (broad SMARTS) is 1. The number of aliphatic carboxylic acids is 1. The Morgan fingerprint density at radius 2 is 1.89 bits per heavy atom. The molecular formula is C14H23NO4. The first kappa shape index (κ1) is 17.3. The van der Waals surface area contributed by atoms with Gasteiger partial charge in [-0.05, 0) is 40.0 Å². The molecule has 0 radical (unpaired) electrons. The van der Waals surface area contributed by atoms with Crippen molar-refractivity contribution in [3.63, 3.8) is 0 Å². The van der Waals surface area contributed by atoms with Crippen LogP contribution < -0.4 is 0 Å². The third-order valence-corrected chi connectivity index (χ3v) is 2.67. The minimum atomic E-state index is -0.870. The number of terminal acetylenes is 1. The number of piperidine rings is 1. The van der Waals surface area contributed by atoms with Crippen molar-refractivity contribution in [2.24, 2.45) is 0 Å². The quantitative estimate of drug-likeness (QED) is 0.782. The fraction of sp³-hybridized carbons (Fsp3) is 0.714. The van der Waals surface area contributed by atoms with Crippen LogP contribution >= 0.6 is 0 Å². The number of nitrogens with zero attached hydrogens (tertiary/aromatic N) is 1. The summed E-state index contributed by atoms with van der Waals surface area (Å²) in [5.74, 6) is -0.870. The summed E-state index contributed by atoms with van der Waals surface area (Å²) in [6.45, 7) is 6.01. The Kier molecular flexibility index (Phi) is 6.99. The van der Waals surface area contributed by atoms with Crippen LogP contribution in [0.2, 0.25) is 0 Å². The highest BCUT2D eigenvalue weighted by atomic mass is 16.6. The van der Waals surface area contributed by atoms with E-state index in [1.54, 1.807) is 25.7 Å². The summed E-state index contributed by atoms with van der Waals surface area (Å²) in [7, 11) is 0. The normalized spacial score (nSPS) is 19.0. The highest BCUT2D eigenvalue weighted by Gasteiger charge is 2.31. The number of rotatable bonds is 2. The van der Waals surface area contributed by atoms with Gasteiger partial charge in [-0.3, -0.25) is 4.79 Å². The van der Waals surface area contributed by atoms with Crippen molar-refractivity contribution in [1.82, 2.24) is 4.90 Å². The lowest BCUT2D eigenvalue weighted by Crippen LogP contribution is -2.46. The molecule has 1 N–H and O–H groups in total. The number of ether oxygens (including phenoxy) is 1. The maximum absolute atomic E-state index is 11.9. The summed E-state index contributed by atoms with van der Waals surface area (Å²) >= 11 is 0. The molecule has 1 aliphatic heterocycles. The molecule has 0 aromatic heterocycles. The van der Waals surface area contributed by atoms with E-state index in [4.69, 9.17) is 9.84 Å². The number of carbonyl (C=O) groups excluding carboxylic acids is 1. The van der Waals surface area contributed by atoms with Gasteiger partial charge in [0, 0.05) is 12.6 Å². The van der Waals surface area contributed by atoms with Crippen LogP contribution in [0.15, 0.2) is 0 Å². The summed E-state index contributed by atoms with van der Waals surface area (Å²) in [4.78, 5) is 24.2. The van der Waals surface area contributed by atoms with Crippen molar-refractivity contribution in [1.29, 1.82) is 0 Å². The molecule has 0 bridgehead atoms. The zero-order valence-corrected chi connectivity index (χ0v) is 11.9. The molecule has 0 spiro atoms. The van der Waals surface area contributed by atoms with Crippen LogP contribution in [0, 0.1) is 12.8 Å². The Morgan fingerprint density at radius 1 is 1.32 bits per heavy atom. The number of carbonyl (C=O) groups is 2. The Hall–Kier alpha value is -1.70. The second kappa shape index (κ2) is 7.67. The average Bonchev–Trinajstić information content (AvgIpc) is 2.29. The van der Waals surface area contributed by atoms with E-state index in [0.717, 1.165) is 19.3 Å². The molecule has 0 aromatic rings. The van der Waals surface area contributed by atoms with Crippen LogP contribution in [0.1, 0.15) is 46.5 Å². The summed E-state index contributed by atoms with van der Waals surface area (Å²) in [6.07, 6.45) is 10.2. The van der Waals surface area contributed by atoms with Crippen LogP contribution in [-0.4, -0.2) is 40.3 Å². The van der Waals surface area contributed by atoms with E-state index in [2.05, 4.69) is 12.8 Å². The molecule has 1 heterocycles. The van der Waals surface area contributed by atoms with E-state index in [1.165, 1.54) is 0 Å². The molecule has 19 heavy (non-hydrogen) atoms. The molecule has 108 valence electrons. The Bertz CT molecular complexity index is 330. The van der Waals surface area contributed by atoms with Gasteiger partial charge in [-0.15, -0.1) is 12.8 Å². The number of likely N-dealkylation sites (tertiary alicyclic amines) is 1. The van der Waals surface area contributed by atoms with Crippen LogP contribution in [0.4, 0.5) is 4.79 Å². The molecule has 1 saturated heterocycles. The maximum atomic E-state index is 11.9. The van der Waals surface area contributed by atoms with Crippen LogP contribution in [0.5, 0.6) is 0 Å². The largest absolute Gasteiger partial charge is 0.481 e. The van der Waals surface area contributed by atoms with Gasteiger partial charge < -0.3 is 14.7 Å². The van der Waals surface area contributed by atoms with Gasteiger partial charge in [-0.25, -0.2) is 4.79 Å². The predicted octanol–water partition coefficient (Wildman–Crippen LogP) is 2.50. The van der Waals surface area contributed by atoms with E-state index in [-0.39, 0.29) is 12.5 Å². The van der Waals surface area contributed by atoms with Crippen LogP contribution in [-0.2, 0) is 9.53 Å². The zero-order valence-electron chi connectivity index (χ0n) is 11.9. The Labute approximate surface area is 114 Å². The first-order valence-corrected chi connectivity index (χ1v) is 6.34. The molecular weight excluding hydrogens is 246 g/mol. The number of hydrogen-bond donors (Lipinski definition) is 1. The maximum Gasteiger partial charge on any atom is 0.410 e. The highest BCUT2D eigenvalue weighted by Crippen LogP contribution is 2.22. The van der Waals surface area contributed by atoms with Gasteiger partial charge in [0.15, 0.2) is 0 Å². The van der Waals surface area contributed by atoms with Crippen molar-refractivity contribution in [3.05, 3.63) is 0 Å². The second-order valence-electron chi connectivity index (χ2n) is 5.42. The fourth-order valence-corrected chi connectivity index (χ4v) is 1.98. The van der Waals surface area contributed by atoms with E-state index < -0.39 is 17.7 Å². The molecule has 5 heteroatoms. The molecule has 1 unspecified atom stereocenters. The fourth-order valence-electron chi connectivity index (χ4n) is 1.98. The van der Waals surface area contributed by atoms with E-state index >= 15 is 0 Å². The highest BCUT2D eigenvalue weighted by molar-refractivity contribution is 5.72. The minimum Gasteiger partial charge on any atom is -0.481 e. The third-order valence-electron chi connectivity index (χ3n) is 2.67. The molecule has 5 nitrogen and oxygen atoms in total. The topological polar surface area (TPSA) is 66.8 Å². The van der Waals surface area contributed by atoms with Gasteiger partial charge >= 0.3 is 12.1 Å². The number of hydrogen-bond acceptors (Lipinski definition) is 3. The van der Waals surface area contributed by atoms with Gasteiger partial charge in [0.2, 0.25) is 0 Å². The Balaban J connectivity index is 0.00000154. The monoisotopic (exact) mass is 269 g/mol.